The van der Waals surface area contributed by atoms with E-state index in [0.717, 1.165) is 12.0 Å². The molecule has 2 aromatic rings. The fourth-order valence-electron chi connectivity index (χ4n) is 2.28. The number of carbonyl (C=O) groups excluding carboxylic acids is 1. The predicted octanol–water partition coefficient (Wildman–Crippen LogP) is 2.30. The number of carbonyl (C=O) groups is 1. The minimum absolute atomic E-state index is 0.0381. The number of ether oxygens (including phenoxy) is 1. The lowest BCUT2D eigenvalue weighted by Crippen LogP contribution is -2.29. The Morgan fingerprint density at radius 2 is 2.23 bits per heavy atom. The zero-order valence-corrected chi connectivity index (χ0v) is 13.2. The normalized spacial score (nSPS) is 21.0. The van der Waals surface area contributed by atoms with Crippen molar-refractivity contribution in [2.24, 2.45) is 5.73 Å². The molecule has 1 aromatic carbocycles. The van der Waals surface area contributed by atoms with Crippen molar-refractivity contribution in [2.75, 3.05) is 11.9 Å². The minimum Gasteiger partial charge on any atom is -0.364 e. The number of hydrogen-bond donors (Lipinski definition) is 2. The van der Waals surface area contributed by atoms with Gasteiger partial charge in [-0.2, -0.15) is 0 Å². The molecule has 0 saturated carbocycles. The largest absolute Gasteiger partial charge is 0.364 e. The molecule has 0 aliphatic carbocycles. The third kappa shape index (κ3) is 3.27. The number of aromatic nitrogens is 2. The van der Waals surface area contributed by atoms with Crippen LogP contribution in [0.3, 0.4) is 0 Å². The summed E-state index contributed by atoms with van der Waals surface area (Å²) in [5, 5.41) is 12.5. The van der Waals surface area contributed by atoms with Crippen molar-refractivity contribution >= 4 is 34.0 Å². The minimum atomic E-state index is -0.471. The molecule has 3 N–H and O–H groups in total. The molecular weight excluding hydrogens is 324 g/mol. The van der Waals surface area contributed by atoms with Gasteiger partial charge in [-0.1, -0.05) is 41.1 Å². The van der Waals surface area contributed by atoms with Crippen LogP contribution >= 0.6 is 22.9 Å². The van der Waals surface area contributed by atoms with E-state index in [-0.39, 0.29) is 12.0 Å². The van der Waals surface area contributed by atoms with E-state index < -0.39 is 6.10 Å². The van der Waals surface area contributed by atoms with Crippen LogP contribution in [0.4, 0.5) is 5.13 Å². The molecule has 2 heterocycles. The van der Waals surface area contributed by atoms with Crippen molar-refractivity contribution < 1.29 is 9.53 Å². The molecule has 3 rings (SSSR count). The van der Waals surface area contributed by atoms with Gasteiger partial charge in [-0.15, -0.1) is 10.2 Å². The molecule has 1 aliphatic heterocycles. The summed E-state index contributed by atoms with van der Waals surface area (Å²) in [7, 11) is 0. The fourth-order valence-corrected chi connectivity index (χ4v) is 3.34. The summed E-state index contributed by atoms with van der Waals surface area (Å²) >= 11 is 7.40. The molecule has 0 bridgehead atoms. The highest BCUT2D eigenvalue weighted by Crippen LogP contribution is 2.32. The molecule has 2 atom stereocenters. The molecule has 1 amide bonds. The van der Waals surface area contributed by atoms with Crippen molar-refractivity contribution in [3.63, 3.8) is 0 Å². The number of hydrogen-bond acceptors (Lipinski definition) is 6. The summed E-state index contributed by atoms with van der Waals surface area (Å²) in [4.78, 5) is 12.1. The molecule has 0 unspecified atom stereocenters. The van der Waals surface area contributed by atoms with Crippen LogP contribution in [-0.4, -0.2) is 34.9 Å². The van der Waals surface area contributed by atoms with Crippen molar-refractivity contribution in [2.45, 2.75) is 25.0 Å². The monoisotopic (exact) mass is 338 g/mol. The molecule has 6 nitrogen and oxygen atoms in total. The lowest BCUT2D eigenvalue weighted by molar-refractivity contribution is -0.126. The van der Waals surface area contributed by atoms with Gasteiger partial charge in [-0.3, -0.25) is 10.1 Å². The van der Waals surface area contributed by atoms with E-state index in [2.05, 4.69) is 15.5 Å². The highest BCUT2D eigenvalue weighted by atomic mass is 35.5. The van der Waals surface area contributed by atoms with Gasteiger partial charge in [0.25, 0.3) is 5.91 Å². The molecule has 1 fully saturated rings. The topological polar surface area (TPSA) is 90.1 Å². The Morgan fingerprint density at radius 3 is 2.95 bits per heavy atom. The van der Waals surface area contributed by atoms with Crippen LogP contribution in [0.25, 0.3) is 10.6 Å². The Balaban J connectivity index is 1.67. The lowest BCUT2D eigenvalue weighted by atomic mass is 10.2. The standard InChI is InChI=1S/C14H15ClN4O2S/c15-10-4-2-1-3-9(10)13-18-19-14(22-13)17-12(20)11-6-5-8(7-16)21-11/h1-4,8,11H,5-7,16H2,(H,17,19,20)/t8-,11+/m1/s1. The summed E-state index contributed by atoms with van der Waals surface area (Å²) in [5.74, 6) is -0.210. The Kier molecular flexibility index (Phi) is 4.68. The fraction of sp³-hybridized carbons (Fsp3) is 0.357. The van der Waals surface area contributed by atoms with E-state index in [1.807, 2.05) is 18.2 Å². The highest BCUT2D eigenvalue weighted by molar-refractivity contribution is 7.18. The van der Waals surface area contributed by atoms with E-state index in [0.29, 0.717) is 28.1 Å². The molecule has 8 heteroatoms. The van der Waals surface area contributed by atoms with Gasteiger partial charge in [0.05, 0.1) is 11.1 Å². The third-order valence-electron chi connectivity index (χ3n) is 3.42. The van der Waals surface area contributed by atoms with Gasteiger partial charge in [0.2, 0.25) is 5.13 Å². The summed E-state index contributed by atoms with van der Waals surface area (Å²) < 4.78 is 5.55. The number of rotatable bonds is 4. The predicted molar refractivity (Wildman–Crippen MR) is 85.9 cm³/mol. The Morgan fingerprint density at radius 1 is 1.41 bits per heavy atom. The maximum atomic E-state index is 12.1. The molecule has 0 spiro atoms. The molecule has 1 aromatic heterocycles. The van der Waals surface area contributed by atoms with E-state index >= 15 is 0 Å². The molecule has 1 saturated heterocycles. The van der Waals surface area contributed by atoms with Crippen molar-refractivity contribution in [1.82, 2.24) is 10.2 Å². The second kappa shape index (κ2) is 6.70. The zero-order chi connectivity index (χ0) is 15.5. The second-order valence-corrected chi connectivity index (χ2v) is 6.33. The number of amides is 1. The third-order valence-corrected chi connectivity index (χ3v) is 4.62. The van der Waals surface area contributed by atoms with Crippen molar-refractivity contribution in [1.29, 1.82) is 0 Å². The van der Waals surface area contributed by atoms with Crippen molar-refractivity contribution in [3.8, 4) is 10.6 Å². The van der Waals surface area contributed by atoms with Crippen LogP contribution < -0.4 is 11.1 Å². The van der Waals surface area contributed by atoms with E-state index in [4.69, 9.17) is 22.1 Å². The molecular formula is C14H15ClN4O2S. The van der Waals surface area contributed by atoms with E-state index in [9.17, 15) is 4.79 Å². The first-order valence-corrected chi connectivity index (χ1v) is 8.11. The van der Waals surface area contributed by atoms with Crippen LogP contribution in [0.2, 0.25) is 5.02 Å². The number of benzene rings is 1. The van der Waals surface area contributed by atoms with Crippen LogP contribution in [0.1, 0.15) is 12.8 Å². The van der Waals surface area contributed by atoms with E-state index in [1.54, 1.807) is 6.07 Å². The number of anilines is 1. The van der Waals surface area contributed by atoms with Crippen LogP contribution in [0.5, 0.6) is 0 Å². The first-order valence-electron chi connectivity index (χ1n) is 6.92. The van der Waals surface area contributed by atoms with Crippen LogP contribution in [0, 0.1) is 0 Å². The number of nitrogens with two attached hydrogens (primary N) is 1. The average Bonchev–Trinajstić information content (AvgIpc) is 3.16. The van der Waals surface area contributed by atoms with Gasteiger partial charge >= 0.3 is 0 Å². The van der Waals surface area contributed by atoms with Crippen LogP contribution in [-0.2, 0) is 9.53 Å². The van der Waals surface area contributed by atoms with Gasteiger partial charge in [0.15, 0.2) is 5.01 Å². The average molecular weight is 339 g/mol. The molecule has 22 heavy (non-hydrogen) atoms. The lowest BCUT2D eigenvalue weighted by Gasteiger charge is -2.10. The van der Waals surface area contributed by atoms with Crippen LogP contribution in [0.15, 0.2) is 24.3 Å². The zero-order valence-electron chi connectivity index (χ0n) is 11.7. The van der Waals surface area contributed by atoms with E-state index in [1.165, 1.54) is 11.3 Å². The van der Waals surface area contributed by atoms with Gasteiger partial charge in [-0.05, 0) is 18.9 Å². The van der Waals surface area contributed by atoms with Crippen molar-refractivity contribution in [3.05, 3.63) is 29.3 Å². The second-order valence-electron chi connectivity index (χ2n) is 4.94. The van der Waals surface area contributed by atoms with Gasteiger partial charge in [0.1, 0.15) is 6.10 Å². The summed E-state index contributed by atoms with van der Waals surface area (Å²) in [6, 6.07) is 7.37. The quantitative estimate of drug-likeness (QED) is 0.892. The Hall–Kier alpha value is -1.54. The van der Waals surface area contributed by atoms with Gasteiger partial charge < -0.3 is 10.5 Å². The van der Waals surface area contributed by atoms with Gasteiger partial charge in [-0.25, -0.2) is 0 Å². The maximum Gasteiger partial charge on any atom is 0.255 e. The smallest absolute Gasteiger partial charge is 0.255 e. The van der Waals surface area contributed by atoms with Gasteiger partial charge in [0, 0.05) is 12.1 Å². The maximum absolute atomic E-state index is 12.1. The number of halogens is 1. The molecule has 116 valence electrons. The summed E-state index contributed by atoms with van der Waals surface area (Å²) in [6.45, 7) is 0.430. The molecule has 1 aliphatic rings. The first-order chi connectivity index (χ1) is 10.7. The number of nitrogens with zero attached hydrogens (tertiary/aromatic N) is 2. The highest BCUT2D eigenvalue weighted by Gasteiger charge is 2.30. The summed E-state index contributed by atoms with van der Waals surface area (Å²) in [6.07, 6.45) is 0.962. The SMILES string of the molecule is NC[C@H]1CC[C@@H](C(=O)Nc2nnc(-c3ccccc3Cl)s2)O1. The summed E-state index contributed by atoms with van der Waals surface area (Å²) in [5.41, 5.74) is 6.34. The molecule has 0 radical (unpaired) electrons. The Bertz CT molecular complexity index is 678. The number of nitrogens with one attached hydrogen (secondary N) is 1. The Labute approximate surface area is 136 Å². The first kappa shape index (κ1) is 15.4.